The molecule has 0 aromatic heterocycles. The van der Waals surface area contributed by atoms with Gasteiger partial charge in [-0.1, -0.05) is 95.3 Å². The number of methoxy groups -OCH3 is 2. The SMILES string of the molecule is COCOC[C@@]1(CO[Si](c2ccccc2)(c2ccccc2)C(C)(C)C)N(C(=O)OC(C)(C)C)C[C@H](C)[C@@]1(O)[C@H](C[C@@H](C)COC(C)=O)OC. The second-order valence-corrected chi connectivity index (χ2v) is 19.7. The van der Waals surface area contributed by atoms with Crippen LogP contribution in [0.25, 0.3) is 0 Å². The zero-order valence-corrected chi connectivity index (χ0v) is 32.4. The van der Waals surface area contributed by atoms with Crippen LogP contribution in [0.4, 0.5) is 4.79 Å². The number of esters is 1. The highest BCUT2D eigenvalue weighted by molar-refractivity contribution is 6.99. The summed E-state index contributed by atoms with van der Waals surface area (Å²) in [5, 5.41) is 15.1. The van der Waals surface area contributed by atoms with Crippen LogP contribution in [0.5, 0.6) is 0 Å². The van der Waals surface area contributed by atoms with Crippen molar-refractivity contribution in [2.24, 2.45) is 11.8 Å². The molecule has 1 fully saturated rings. The van der Waals surface area contributed by atoms with Crippen molar-refractivity contribution in [3.8, 4) is 0 Å². The van der Waals surface area contributed by atoms with Crippen LogP contribution in [0, 0.1) is 11.8 Å². The number of nitrogens with zero attached hydrogens (tertiary/aromatic N) is 1. The molecule has 5 atom stereocenters. The molecular formula is C38H59NO9Si. The Morgan fingerprint density at radius 3 is 1.96 bits per heavy atom. The molecule has 11 heteroatoms. The van der Waals surface area contributed by atoms with Gasteiger partial charge in [0.05, 0.1) is 25.9 Å². The van der Waals surface area contributed by atoms with Crippen molar-refractivity contribution in [1.29, 1.82) is 0 Å². The van der Waals surface area contributed by atoms with Crippen LogP contribution in [0.2, 0.25) is 5.04 Å². The standard InChI is InChI=1S/C38H59NO9Si/c1-28(24-46-30(3)40)22-33(44-11)38(42)29(2)23-39(34(41)48-35(4,5)6)37(38,25-45-27-43-10)26-47-49(36(7,8)9,31-18-14-12-15-19-31)32-20-16-13-17-21-32/h12-21,28-29,33,42H,22-27H2,1-11H3/t28-,29+,33+,37+,38-/m1/s1. The van der Waals surface area contributed by atoms with E-state index in [9.17, 15) is 14.7 Å². The number of hydrogen-bond donors (Lipinski definition) is 1. The zero-order chi connectivity index (χ0) is 36.7. The molecule has 10 nitrogen and oxygen atoms in total. The summed E-state index contributed by atoms with van der Waals surface area (Å²) in [4.78, 5) is 27.5. The van der Waals surface area contributed by atoms with Gasteiger partial charge in [-0.05, 0) is 48.5 Å². The van der Waals surface area contributed by atoms with E-state index >= 15 is 0 Å². The van der Waals surface area contributed by atoms with E-state index in [4.69, 9.17) is 28.1 Å². The maximum absolute atomic E-state index is 14.3. The molecule has 1 N–H and O–H groups in total. The third-order valence-corrected chi connectivity index (χ3v) is 14.5. The molecular weight excluding hydrogens is 643 g/mol. The van der Waals surface area contributed by atoms with Gasteiger partial charge in [0.25, 0.3) is 8.32 Å². The molecule has 0 radical (unpaired) electrons. The van der Waals surface area contributed by atoms with Gasteiger partial charge in [0.2, 0.25) is 0 Å². The molecule has 1 amide bonds. The average molecular weight is 702 g/mol. The van der Waals surface area contributed by atoms with Crippen LogP contribution in [-0.4, -0.2) is 101 Å². The number of carbonyl (C=O) groups excluding carboxylic acids is 2. The van der Waals surface area contributed by atoms with Gasteiger partial charge in [-0.3, -0.25) is 9.69 Å². The van der Waals surface area contributed by atoms with Gasteiger partial charge in [0, 0.05) is 33.6 Å². The van der Waals surface area contributed by atoms with Crippen LogP contribution >= 0.6 is 0 Å². The molecule has 274 valence electrons. The fraction of sp³-hybridized carbons (Fsp3) is 0.632. The lowest BCUT2D eigenvalue weighted by Crippen LogP contribution is -2.74. The summed E-state index contributed by atoms with van der Waals surface area (Å²) in [5.41, 5.74) is -4.01. The van der Waals surface area contributed by atoms with Crippen molar-refractivity contribution in [2.45, 2.75) is 96.6 Å². The molecule has 1 aliphatic heterocycles. The molecule has 3 rings (SSSR count). The zero-order valence-electron chi connectivity index (χ0n) is 31.4. The second kappa shape index (κ2) is 16.5. The molecule has 49 heavy (non-hydrogen) atoms. The maximum atomic E-state index is 14.3. The third kappa shape index (κ3) is 8.75. The minimum Gasteiger partial charge on any atom is -0.466 e. The lowest BCUT2D eigenvalue weighted by Gasteiger charge is -2.52. The highest BCUT2D eigenvalue weighted by Crippen LogP contribution is 2.49. The molecule has 0 unspecified atom stereocenters. The van der Waals surface area contributed by atoms with Gasteiger partial charge in [-0.25, -0.2) is 4.79 Å². The van der Waals surface area contributed by atoms with Gasteiger partial charge in [0.1, 0.15) is 23.5 Å². The van der Waals surface area contributed by atoms with Crippen LogP contribution in [-0.2, 0) is 32.9 Å². The summed E-state index contributed by atoms with van der Waals surface area (Å²) in [7, 11) is -0.112. The molecule has 0 bridgehead atoms. The Morgan fingerprint density at radius 1 is 0.959 bits per heavy atom. The van der Waals surface area contributed by atoms with E-state index in [0.717, 1.165) is 10.4 Å². The van der Waals surface area contributed by atoms with E-state index in [-0.39, 0.29) is 50.1 Å². The summed E-state index contributed by atoms with van der Waals surface area (Å²) in [5.74, 6) is -1.05. The van der Waals surface area contributed by atoms with E-state index in [0.29, 0.717) is 6.42 Å². The quantitative estimate of drug-likeness (QED) is 0.117. The summed E-state index contributed by atoms with van der Waals surface area (Å²) in [6.45, 7) is 17.2. The third-order valence-electron chi connectivity index (χ3n) is 9.53. The topological polar surface area (TPSA) is 113 Å². The first-order valence-electron chi connectivity index (χ1n) is 17.1. The Morgan fingerprint density at radius 2 is 1.51 bits per heavy atom. The van der Waals surface area contributed by atoms with Gasteiger partial charge in [-0.2, -0.15) is 0 Å². The highest BCUT2D eigenvalue weighted by atomic mass is 28.4. The molecule has 1 aliphatic rings. The second-order valence-electron chi connectivity index (χ2n) is 15.4. The number of likely N-dealkylation sites (tertiary alicyclic amines) is 1. The van der Waals surface area contributed by atoms with Gasteiger partial charge >= 0.3 is 12.1 Å². The van der Waals surface area contributed by atoms with Crippen LogP contribution < -0.4 is 10.4 Å². The number of rotatable bonds is 15. The molecule has 1 heterocycles. The predicted molar refractivity (Wildman–Crippen MR) is 192 cm³/mol. The number of hydrogen-bond acceptors (Lipinski definition) is 9. The molecule has 0 spiro atoms. The maximum Gasteiger partial charge on any atom is 0.411 e. The van der Waals surface area contributed by atoms with E-state index in [1.807, 2.05) is 71.0 Å². The summed E-state index contributed by atoms with van der Waals surface area (Å²) in [6, 6.07) is 20.4. The van der Waals surface area contributed by atoms with Crippen molar-refractivity contribution in [3.63, 3.8) is 0 Å². The van der Waals surface area contributed by atoms with Crippen molar-refractivity contribution >= 4 is 30.8 Å². The van der Waals surface area contributed by atoms with E-state index in [1.54, 1.807) is 12.0 Å². The van der Waals surface area contributed by atoms with Crippen molar-refractivity contribution in [2.75, 3.05) is 47.4 Å². The van der Waals surface area contributed by atoms with Crippen molar-refractivity contribution < 1.29 is 42.8 Å². The number of amides is 1. The molecule has 0 saturated carbocycles. The van der Waals surface area contributed by atoms with Crippen molar-refractivity contribution in [3.05, 3.63) is 60.7 Å². The summed E-state index contributed by atoms with van der Waals surface area (Å²) in [6.07, 6.45) is -1.07. The smallest absolute Gasteiger partial charge is 0.411 e. The monoisotopic (exact) mass is 701 g/mol. The average Bonchev–Trinajstić information content (AvgIpc) is 3.25. The van der Waals surface area contributed by atoms with Crippen LogP contribution in [0.3, 0.4) is 0 Å². The van der Waals surface area contributed by atoms with Crippen LogP contribution in [0.15, 0.2) is 60.7 Å². The Kier molecular flexibility index (Phi) is 13.7. The molecule has 2 aromatic carbocycles. The lowest BCUT2D eigenvalue weighted by atomic mass is 9.70. The minimum absolute atomic E-state index is 0.0753. The van der Waals surface area contributed by atoms with Gasteiger partial charge in [0.15, 0.2) is 0 Å². The first-order valence-corrected chi connectivity index (χ1v) is 19.0. The van der Waals surface area contributed by atoms with Gasteiger partial charge in [-0.15, -0.1) is 0 Å². The van der Waals surface area contributed by atoms with E-state index < -0.39 is 43.2 Å². The van der Waals surface area contributed by atoms with Crippen molar-refractivity contribution in [1.82, 2.24) is 4.90 Å². The largest absolute Gasteiger partial charge is 0.466 e. The number of carbonyl (C=O) groups is 2. The normalized spacial score (nSPS) is 22.9. The van der Waals surface area contributed by atoms with Crippen LogP contribution in [0.1, 0.15) is 68.7 Å². The fourth-order valence-corrected chi connectivity index (χ4v) is 11.9. The van der Waals surface area contributed by atoms with E-state index in [2.05, 4.69) is 45.0 Å². The number of aliphatic hydroxyl groups is 1. The summed E-state index contributed by atoms with van der Waals surface area (Å²) >= 11 is 0. The first-order chi connectivity index (χ1) is 22.9. The number of benzene rings is 2. The lowest BCUT2D eigenvalue weighted by molar-refractivity contribution is -0.200. The Bertz CT molecular complexity index is 1310. The Balaban J connectivity index is 2.32. The van der Waals surface area contributed by atoms with Gasteiger partial charge < -0.3 is 33.2 Å². The summed E-state index contributed by atoms with van der Waals surface area (Å²) < 4.78 is 36.4. The first kappa shape index (κ1) is 40.6. The Hall–Kier alpha value is -2.80. The molecule has 2 aromatic rings. The molecule has 1 saturated heterocycles. The Labute approximate surface area is 294 Å². The highest BCUT2D eigenvalue weighted by Gasteiger charge is 2.69. The fourth-order valence-electron chi connectivity index (χ4n) is 7.31. The molecule has 0 aliphatic carbocycles. The number of ether oxygens (including phenoxy) is 5. The predicted octanol–water partition coefficient (Wildman–Crippen LogP) is 5.14. The van der Waals surface area contributed by atoms with E-state index in [1.165, 1.54) is 14.0 Å². The minimum atomic E-state index is -3.18.